The monoisotopic (exact) mass is 248 g/mol. The van der Waals surface area contributed by atoms with Crippen molar-refractivity contribution in [2.45, 2.75) is 0 Å². The van der Waals surface area contributed by atoms with Crippen LogP contribution >= 0.6 is 23.2 Å². The van der Waals surface area contributed by atoms with Crippen LogP contribution in [0.15, 0.2) is 18.2 Å². The van der Waals surface area contributed by atoms with E-state index in [1.165, 1.54) is 0 Å². The Morgan fingerprint density at radius 2 is 1.93 bits per heavy atom. The van der Waals surface area contributed by atoms with E-state index < -0.39 is 0 Å². The van der Waals surface area contributed by atoms with Crippen molar-refractivity contribution in [2.24, 2.45) is 0 Å². The number of aliphatic hydroxyl groups excluding tert-OH is 1. The molecule has 5 heteroatoms. The molecule has 0 aliphatic carbocycles. The Balaban J connectivity index is 2.31. The molecule has 0 saturated carbocycles. The van der Waals surface area contributed by atoms with Gasteiger partial charge in [0.15, 0.2) is 0 Å². The lowest BCUT2D eigenvalue weighted by Crippen LogP contribution is -2.24. The third kappa shape index (κ3) is 4.71. The van der Waals surface area contributed by atoms with Crippen LogP contribution < -0.4 is 10.6 Å². The van der Waals surface area contributed by atoms with Crippen LogP contribution in [-0.2, 0) is 0 Å². The number of anilines is 1. The van der Waals surface area contributed by atoms with Gasteiger partial charge in [-0.3, -0.25) is 0 Å². The van der Waals surface area contributed by atoms with Crippen molar-refractivity contribution in [1.82, 2.24) is 5.32 Å². The quantitative estimate of drug-likeness (QED) is 0.675. The second kappa shape index (κ2) is 6.90. The van der Waals surface area contributed by atoms with Gasteiger partial charge in [-0.05, 0) is 18.2 Å². The molecule has 0 heterocycles. The van der Waals surface area contributed by atoms with Gasteiger partial charge in [-0.1, -0.05) is 23.2 Å². The zero-order valence-electron chi connectivity index (χ0n) is 8.26. The van der Waals surface area contributed by atoms with E-state index in [0.717, 1.165) is 18.8 Å². The molecule has 0 radical (unpaired) electrons. The Hall–Kier alpha value is -0.480. The Bertz CT molecular complexity index is 307. The van der Waals surface area contributed by atoms with E-state index in [-0.39, 0.29) is 6.61 Å². The summed E-state index contributed by atoms with van der Waals surface area (Å²) in [6.07, 6.45) is 0. The molecule has 3 N–H and O–H groups in total. The Kier molecular flexibility index (Phi) is 5.79. The van der Waals surface area contributed by atoms with Crippen LogP contribution in [0.1, 0.15) is 0 Å². The van der Waals surface area contributed by atoms with Crippen molar-refractivity contribution in [3.63, 3.8) is 0 Å². The van der Waals surface area contributed by atoms with E-state index in [4.69, 9.17) is 28.3 Å². The van der Waals surface area contributed by atoms with E-state index in [1.807, 2.05) is 6.07 Å². The molecule has 0 unspecified atom stereocenters. The van der Waals surface area contributed by atoms with Crippen LogP contribution in [0.5, 0.6) is 0 Å². The fourth-order valence-electron chi connectivity index (χ4n) is 1.12. The third-order valence-corrected chi connectivity index (χ3v) is 2.38. The van der Waals surface area contributed by atoms with Crippen LogP contribution in [0.25, 0.3) is 0 Å². The Morgan fingerprint density at radius 1 is 1.13 bits per heavy atom. The average Bonchev–Trinajstić information content (AvgIpc) is 2.20. The maximum atomic E-state index is 8.54. The van der Waals surface area contributed by atoms with Gasteiger partial charge < -0.3 is 15.7 Å². The van der Waals surface area contributed by atoms with Crippen LogP contribution in [0.4, 0.5) is 5.69 Å². The van der Waals surface area contributed by atoms with Crippen molar-refractivity contribution in [3.05, 3.63) is 28.2 Å². The van der Waals surface area contributed by atoms with Gasteiger partial charge in [0.1, 0.15) is 0 Å². The van der Waals surface area contributed by atoms with E-state index >= 15 is 0 Å². The van der Waals surface area contributed by atoms with Crippen molar-refractivity contribution in [2.75, 3.05) is 31.6 Å². The summed E-state index contributed by atoms with van der Waals surface area (Å²) in [5.41, 5.74) is 0.867. The lowest BCUT2D eigenvalue weighted by molar-refractivity contribution is 0.293. The molecule has 0 saturated heterocycles. The first-order chi connectivity index (χ1) is 7.24. The van der Waals surface area contributed by atoms with Crippen molar-refractivity contribution in [3.8, 4) is 0 Å². The van der Waals surface area contributed by atoms with Crippen molar-refractivity contribution >= 4 is 28.9 Å². The van der Waals surface area contributed by atoms with Crippen molar-refractivity contribution in [1.29, 1.82) is 0 Å². The molecule has 0 aliphatic rings. The highest BCUT2D eigenvalue weighted by atomic mass is 35.5. The molecule has 0 aliphatic heterocycles. The van der Waals surface area contributed by atoms with Crippen LogP contribution in [0, 0.1) is 0 Å². The third-order valence-electron chi connectivity index (χ3n) is 1.84. The van der Waals surface area contributed by atoms with Crippen molar-refractivity contribution < 1.29 is 5.11 Å². The molecule has 1 rings (SSSR count). The lowest BCUT2D eigenvalue weighted by atomic mass is 10.3. The summed E-state index contributed by atoms with van der Waals surface area (Å²) in [5, 5.41) is 16.0. The summed E-state index contributed by atoms with van der Waals surface area (Å²) in [6, 6.07) is 5.33. The zero-order valence-corrected chi connectivity index (χ0v) is 9.78. The summed E-state index contributed by atoms with van der Waals surface area (Å²) in [7, 11) is 0. The van der Waals surface area contributed by atoms with E-state index in [1.54, 1.807) is 12.1 Å². The molecule has 0 bridgehead atoms. The predicted octanol–water partition coefficient (Wildman–Crippen LogP) is 1.99. The topological polar surface area (TPSA) is 44.3 Å². The van der Waals surface area contributed by atoms with E-state index in [9.17, 15) is 0 Å². The second-order valence-corrected chi connectivity index (χ2v) is 3.87. The first-order valence-corrected chi connectivity index (χ1v) is 5.50. The molecule has 15 heavy (non-hydrogen) atoms. The number of hydrogen-bond donors (Lipinski definition) is 3. The molecule has 0 fully saturated rings. The normalized spacial score (nSPS) is 10.3. The molecule has 3 nitrogen and oxygen atoms in total. The number of halogens is 2. The maximum Gasteiger partial charge on any atom is 0.0652 e. The highest BCUT2D eigenvalue weighted by Crippen LogP contribution is 2.24. The number of benzene rings is 1. The minimum atomic E-state index is 0.154. The highest BCUT2D eigenvalue weighted by Gasteiger charge is 1.99. The largest absolute Gasteiger partial charge is 0.395 e. The summed E-state index contributed by atoms with van der Waals surface area (Å²) in [6.45, 7) is 2.29. The first-order valence-electron chi connectivity index (χ1n) is 4.74. The second-order valence-electron chi connectivity index (χ2n) is 3.02. The lowest BCUT2D eigenvalue weighted by Gasteiger charge is -2.08. The molecule has 0 atom stereocenters. The number of nitrogens with one attached hydrogen (secondary N) is 2. The van der Waals surface area contributed by atoms with Gasteiger partial charge in [-0.2, -0.15) is 0 Å². The smallest absolute Gasteiger partial charge is 0.0652 e. The minimum Gasteiger partial charge on any atom is -0.395 e. The molecular weight excluding hydrogens is 235 g/mol. The molecule has 0 spiro atoms. The fourth-order valence-corrected chi connectivity index (χ4v) is 1.60. The molecule has 84 valence electrons. The summed E-state index contributed by atoms with van der Waals surface area (Å²) >= 11 is 11.7. The Morgan fingerprint density at radius 3 is 2.60 bits per heavy atom. The van der Waals surface area contributed by atoms with E-state index in [0.29, 0.717) is 16.6 Å². The molecular formula is C10H14Cl2N2O. The first kappa shape index (κ1) is 12.6. The van der Waals surface area contributed by atoms with Gasteiger partial charge in [0.05, 0.1) is 17.3 Å². The standard InChI is InChI=1S/C10H14Cl2N2O/c11-8-1-2-10(9(12)7-8)14-4-3-13-5-6-15/h1-2,7,13-15H,3-6H2. The molecule has 1 aromatic rings. The van der Waals surface area contributed by atoms with Gasteiger partial charge in [0.2, 0.25) is 0 Å². The SMILES string of the molecule is OCCNCCNc1ccc(Cl)cc1Cl. The van der Waals surface area contributed by atoms with Gasteiger partial charge in [0, 0.05) is 24.7 Å². The van der Waals surface area contributed by atoms with Gasteiger partial charge in [0.25, 0.3) is 0 Å². The number of aliphatic hydroxyl groups is 1. The fraction of sp³-hybridized carbons (Fsp3) is 0.400. The summed E-state index contributed by atoms with van der Waals surface area (Å²) < 4.78 is 0. The van der Waals surface area contributed by atoms with Gasteiger partial charge >= 0.3 is 0 Å². The number of rotatable bonds is 6. The molecule has 1 aromatic carbocycles. The van der Waals surface area contributed by atoms with Crippen LogP contribution in [0.2, 0.25) is 10.0 Å². The average molecular weight is 249 g/mol. The number of hydrogen-bond acceptors (Lipinski definition) is 3. The van der Waals surface area contributed by atoms with Gasteiger partial charge in [-0.25, -0.2) is 0 Å². The minimum absolute atomic E-state index is 0.154. The predicted molar refractivity (Wildman–Crippen MR) is 64.9 cm³/mol. The Labute approximate surface area is 99.4 Å². The van der Waals surface area contributed by atoms with Crippen LogP contribution in [-0.4, -0.2) is 31.3 Å². The van der Waals surface area contributed by atoms with E-state index in [2.05, 4.69) is 10.6 Å². The molecule has 0 aromatic heterocycles. The summed E-state index contributed by atoms with van der Waals surface area (Å²) in [4.78, 5) is 0. The maximum absolute atomic E-state index is 8.54. The zero-order chi connectivity index (χ0) is 11.1. The van der Waals surface area contributed by atoms with Gasteiger partial charge in [-0.15, -0.1) is 0 Å². The summed E-state index contributed by atoms with van der Waals surface area (Å²) in [5.74, 6) is 0. The van der Waals surface area contributed by atoms with Crippen LogP contribution in [0.3, 0.4) is 0 Å². The molecule has 0 amide bonds. The highest BCUT2D eigenvalue weighted by molar-refractivity contribution is 6.36.